The van der Waals surface area contributed by atoms with Crippen LogP contribution in [0.2, 0.25) is 0 Å². The molecule has 0 unspecified atom stereocenters. The molecule has 1 amide bonds. The van der Waals surface area contributed by atoms with Crippen LogP contribution in [0.3, 0.4) is 0 Å². The van der Waals surface area contributed by atoms with Crippen molar-refractivity contribution in [2.45, 2.75) is 25.7 Å². The molecule has 0 heterocycles. The zero-order valence-corrected chi connectivity index (χ0v) is 16.2. The summed E-state index contributed by atoms with van der Waals surface area (Å²) in [7, 11) is -1.98. The van der Waals surface area contributed by atoms with Crippen molar-refractivity contribution >= 4 is 21.6 Å². The summed E-state index contributed by atoms with van der Waals surface area (Å²) in [4.78, 5) is 12.5. The Morgan fingerprint density at radius 1 is 1.12 bits per heavy atom. The summed E-state index contributed by atoms with van der Waals surface area (Å²) in [6.45, 7) is 6.10. The Morgan fingerprint density at radius 2 is 1.77 bits per heavy atom. The number of methoxy groups -OCH3 is 1. The standard InChI is InChI=1S/C19H24N2O4S/c1-13(2)12-20-26(23,24)17-8-5-15(6-9-17)19(22)21-16-7-10-18(25-4)14(3)11-16/h5-11,13,20H,12H2,1-4H3,(H,21,22). The molecule has 0 bridgehead atoms. The van der Waals surface area contributed by atoms with Crippen LogP contribution in [0.1, 0.15) is 29.8 Å². The summed E-state index contributed by atoms with van der Waals surface area (Å²) in [5, 5.41) is 2.79. The Labute approximate surface area is 154 Å². The molecule has 0 spiro atoms. The molecule has 2 aromatic carbocycles. The molecule has 0 radical (unpaired) electrons. The van der Waals surface area contributed by atoms with Crippen molar-refractivity contribution < 1.29 is 17.9 Å². The van der Waals surface area contributed by atoms with Gasteiger partial charge in [0.1, 0.15) is 5.75 Å². The quantitative estimate of drug-likeness (QED) is 0.777. The van der Waals surface area contributed by atoms with Crippen LogP contribution in [0.5, 0.6) is 5.75 Å². The van der Waals surface area contributed by atoms with E-state index in [4.69, 9.17) is 4.74 Å². The van der Waals surface area contributed by atoms with Gasteiger partial charge in [0.05, 0.1) is 12.0 Å². The van der Waals surface area contributed by atoms with E-state index in [1.54, 1.807) is 19.2 Å². The monoisotopic (exact) mass is 376 g/mol. The molecular weight excluding hydrogens is 352 g/mol. The molecule has 7 heteroatoms. The molecule has 0 atom stereocenters. The van der Waals surface area contributed by atoms with Gasteiger partial charge in [0.2, 0.25) is 10.0 Å². The Hall–Kier alpha value is -2.38. The van der Waals surface area contributed by atoms with Gasteiger partial charge in [-0.15, -0.1) is 0 Å². The zero-order valence-electron chi connectivity index (χ0n) is 15.4. The Kier molecular flexibility index (Phi) is 6.39. The molecule has 26 heavy (non-hydrogen) atoms. The lowest BCUT2D eigenvalue weighted by Gasteiger charge is -2.10. The number of aryl methyl sites for hydroxylation is 1. The van der Waals surface area contributed by atoms with Crippen molar-refractivity contribution in [1.82, 2.24) is 4.72 Å². The highest BCUT2D eigenvalue weighted by Gasteiger charge is 2.15. The molecule has 0 saturated carbocycles. The van der Waals surface area contributed by atoms with E-state index in [9.17, 15) is 13.2 Å². The molecule has 0 aliphatic carbocycles. The molecular formula is C19H24N2O4S. The summed E-state index contributed by atoms with van der Waals surface area (Å²) in [6, 6.07) is 11.2. The van der Waals surface area contributed by atoms with E-state index >= 15 is 0 Å². The molecule has 0 fully saturated rings. The predicted octanol–water partition coefficient (Wildman–Crippen LogP) is 3.19. The smallest absolute Gasteiger partial charge is 0.255 e. The highest BCUT2D eigenvalue weighted by Crippen LogP contribution is 2.22. The Morgan fingerprint density at radius 3 is 2.31 bits per heavy atom. The van der Waals surface area contributed by atoms with Gasteiger partial charge in [0.15, 0.2) is 0 Å². The normalized spacial score (nSPS) is 11.4. The van der Waals surface area contributed by atoms with Crippen molar-refractivity contribution in [3.63, 3.8) is 0 Å². The minimum absolute atomic E-state index is 0.134. The lowest BCUT2D eigenvalue weighted by Crippen LogP contribution is -2.27. The summed E-state index contributed by atoms with van der Waals surface area (Å²) in [5.41, 5.74) is 1.92. The second-order valence-corrected chi connectivity index (χ2v) is 8.18. The molecule has 0 aromatic heterocycles. The largest absolute Gasteiger partial charge is 0.496 e. The number of rotatable bonds is 7. The Balaban J connectivity index is 2.10. The van der Waals surface area contributed by atoms with Crippen LogP contribution in [-0.4, -0.2) is 28.0 Å². The van der Waals surface area contributed by atoms with Gasteiger partial charge in [-0.05, 0) is 60.9 Å². The number of benzene rings is 2. The van der Waals surface area contributed by atoms with E-state index in [1.165, 1.54) is 24.3 Å². The summed E-state index contributed by atoms with van der Waals surface area (Å²) < 4.78 is 32.1. The number of carbonyl (C=O) groups excluding carboxylic acids is 1. The fraction of sp³-hybridized carbons (Fsp3) is 0.316. The first-order valence-corrected chi connectivity index (χ1v) is 9.77. The number of hydrogen-bond donors (Lipinski definition) is 2. The number of carbonyl (C=O) groups is 1. The van der Waals surface area contributed by atoms with E-state index in [0.29, 0.717) is 17.8 Å². The minimum Gasteiger partial charge on any atom is -0.496 e. The number of sulfonamides is 1. The van der Waals surface area contributed by atoms with Crippen molar-refractivity contribution in [2.75, 3.05) is 19.0 Å². The molecule has 2 aromatic rings. The predicted molar refractivity (Wildman–Crippen MR) is 102 cm³/mol. The van der Waals surface area contributed by atoms with E-state index < -0.39 is 10.0 Å². The summed E-state index contributed by atoms with van der Waals surface area (Å²) in [5.74, 6) is 0.642. The summed E-state index contributed by atoms with van der Waals surface area (Å²) in [6.07, 6.45) is 0. The number of anilines is 1. The number of hydrogen-bond acceptors (Lipinski definition) is 4. The van der Waals surface area contributed by atoms with Crippen LogP contribution in [0, 0.1) is 12.8 Å². The van der Waals surface area contributed by atoms with Crippen molar-refractivity contribution in [1.29, 1.82) is 0 Å². The lowest BCUT2D eigenvalue weighted by atomic mass is 10.1. The van der Waals surface area contributed by atoms with Gasteiger partial charge in [-0.2, -0.15) is 0 Å². The van der Waals surface area contributed by atoms with Crippen LogP contribution < -0.4 is 14.8 Å². The third-order valence-corrected chi connectivity index (χ3v) is 5.20. The van der Waals surface area contributed by atoms with Gasteiger partial charge in [-0.3, -0.25) is 4.79 Å². The second-order valence-electron chi connectivity index (χ2n) is 6.41. The molecule has 140 valence electrons. The first-order chi connectivity index (χ1) is 12.2. The maximum atomic E-state index is 12.3. The number of nitrogens with one attached hydrogen (secondary N) is 2. The third-order valence-electron chi connectivity index (χ3n) is 3.76. The highest BCUT2D eigenvalue weighted by atomic mass is 32.2. The molecule has 0 aliphatic rings. The second kappa shape index (κ2) is 8.33. The van der Waals surface area contributed by atoms with Crippen molar-refractivity contribution in [3.8, 4) is 5.75 Å². The third kappa shape index (κ3) is 5.06. The number of amides is 1. The average Bonchev–Trinajstić information content (AvgIpc) is 2.60. The number of ether oxygens (including phenoxy) is 1. The van der Waals surface area contributed by atoms with Crippen LogP contribution in [0.25, 0.3) is 0 Å². The maximum absolute atomic E-state index is 12.3. The van der Waals surface area contributed by atoms with Gasteiger partial charge in [0.25, 0.3) is 5.91 Å². The van der Waals surface area contributed by atoms with Gasteiger partial charge < -0.3 is 10.1 Å². The molecule has 2 N–H and O–H groups in total. The van der Waals surface area contributed by atoms with Crippen LogP contribution >= 0.6 is 0 Å². The maximum Gasteiger partial charge on any atom is 0.255 e. The highest BCUT2D eigenvalue weighted by molar-refractivity contribution is 7.89. The first-order valence-electron chi connectivity index (χ1n) is 8.28. The molecule has 0 aliphatic heterocycles. The van der Waals surface area contributed by atoms with Crippen molar-refractivity contribution in [2.24, 2.45) is 5.92 Å². The fourth-order valence-corrected chi connectivity index (χ4v) is 3.52. The van der Waals surface area contributed by atoms with Gasteiger partial charge in [-0.25, -0.2) is 13.1 Å². The molecule has 6 nitrogen and oxygen atoms in total. The zero-order chi connectivity index (χ0) is 19.3. The topological polar surface area (TPSA) is 84.5 Å². The van der Waals surface area contributed by atoms with Gasteiger partial charge >= 0.3 is 0 Å². The van der Waals surface area contributed by atoms with E-state index in [-0.39, 0.29) is 16.7 Å². The van der Waals surface area contributed by atoms with E-state index in [0.717, 1.165) is 11.3 Å². The van der Waals surface area contributed by atoms with Gasteiger partial charge in [-0.1, -0.05) is 13.8 Å². The fourth-order valence-electron chi connectivity index (χ4n) is 2.30. The van der Waals surface area contributed by atoms with Crippen LogP contribution in [-0.2, 0) is 10.0 Å². The summed E-state index contributed by atoms with van der Waals surface area (Å²) >= 11 is 0. The molecule has 0 saturated heterocycles. The van der Waals surface area contributed by atoms with Gasteiger partial charge in [0, 0.05) is 17.8 Å². The van der Waals surface area contributed by atoms with Crippen molar-refractivity contribution in [3.05, 3.63) is 53.6 Å². The van der Waals surface area contributed by atoms with Crippen LogP contribution in [0.15, 0.2) is 47.4 Å². The van der Waals surface area contributed by atoms with Crippen LogP contribution in [0.4, 0.5) is 5.69 Å². The Bertz CT molecular complexity index is 875. The minimum atomic E-state index is -3.57. The first kappa shape index (κ1) is 19.9. The SMILES string of the molecule is COc1ccc(NC(=O)c2ccc(S(=O)(=O)NCC(C)C)cc2)cc1C. The lowest BCUT2D eigenvalue weighted by molar-refractivity contribution is 0.102. The van der Waals surface area contributed by atoms with E-state index in [2.05, 4.69) is 10.0 Å². The average molecular weight is 376 g/mol. The van der Waals surface area contributed by atoms with E-state index in [1.807, 2.05) is 26.8 Å². The molecule has 2 rings (SSSR count).